The molecule has 5 nitrogen and oxygen atoms in total. The molecule has 0 bridgehead atoms. The highest BCUT2D eigenvalue weighted by Gasteiger charge is 2.16. The van der Waals surface area contributed by atoms with Crippen LogP contribution in [0.1, 0.15) is 25.2 Å². The number of amides is 2. The summed E-state index contributed by atoms with van der Waals surface area (Å²) in [6.45, 7) is 1.77. The highest BCUT2D eigenvalue weighted by molar-refractivity contribution is 7.98. The summed E-state index contributed by atoms with van der Waals surface area (Å²) in [7, 11) is 0. The van der Waals surface area contributed by atoms with Gasteiger partial charge in [0, 0.05) is 23.0 Å². The minimum Gasteiger partial charge on any atom is -0.467 e. The quantitative estimate of drug-likeness (QED) is 0.701. The summed E-state index contributed by atoms with van der Waals surface area (Å²) in [6.07, 6.45) is 2.78. The second kappa shape index (κ2) is 8.03. The van der Waals surface area contributed by atoms with Crippen molar-refractivity contribution in [3.8, 4) is 0 Å². The lowest BCUT2D eigenvalue weighted by atomic mass is 10.1. The summed E-state index contributed by atoms with van der Waals surface area (Å²) in [5.41, 5.74) is 0.372. The number of hydrogen-bond donors (Lipinski definition) is 3. The number of urea groups is 1. The number of furan rings is 1. The van der Waals surface area contributed by atoms with Crippen molar-refractivity contribution < 1.29 is 18.7 Å². The van der Waals surface area contributed by atoms with Crippen LogP contribution in [-0.4, -0.2) is 23.4 Å². The van der Waals surface area contributed by atoms with Crippen molar-refractivity contribution in [2.45, 2.75) is 30.4 Å². The zero-order valence-electron chi connectivity index (χ0n) is 12.9. The normalized spacial score (nSPS) is 13.4. The van der Waals surface area contributed by atoms with E-state index in [0.29, 0.717) is 22.8 Å². The lowest BCUT2D eigenvalue weighted by Gasteiger charge is -2.17. The van der Waals surface area contributed by atoms with Crippen LogP contribution in [0.2, 0.25) is 0 Å². The van der Waals surface area contributed by atoms with Gasteiger partial charge in [0.25, 0.3) is 0 Å². The first-order chi connectivity index (χ1) is 11.0. The summed E-state index contributed by atoms with van der Waals surface area (Å²) in [5.74, 6) is 0.0744. The standard InChI is InChI=1S/C16H19FN2O3S/c1-10(8-13(20)14-4-3-7-22-14)18-16(21)19-11-5-6-15(23-2)12(17)9-11/h3-7,9-10,13,20H,8H2,1-2H3,(H2,18,19,21)/t10-,13-/m1/s1. The number of benzene rings is 1. The Hall–Kier alpha value is -1.99. The van der Waals surface area contributed by atoms with Gasteiger partial charge in [0.15, 0.2) is 0 Å². The maximum Gasteiger partial charge on any atom is 0.319 e. The second-order valence-electron chi connectivity index (χ2n) is 5.12. The Morgan fingerprint density at radius 3 is 2.83 bits per heavy atom. The molecule has 0 fully saturated rings. The van der Waals surface area contributed by atoms with Crippen molar-refractivity contribution in [1.82, 2.24) is 5.32 Å². The smallest absolute Gasteiger partial charge is 0.319 e. The Morgan fingerprint density at radius 1 is 1.43 bits per heavy atom. The Labute approximate surface area is 138 Å². The molecule has 0 aliphatic heterocycles. The van der Waals surface area contributed by atoms with E-state index in [1.54, 1.807) is 37.4 Å². The van der Waals surface area contributed by atoms with Crippen molar-refractivity contribution in [3.63, 3.8) is 0 Å². The Kier molecular flexibility index (Phi) is 6.06. The van der Waals surface area contributed by atoms with Crippen LogP contribution >= 0.6 is 11.8 Å². The van der Waals surface area contributed by atoms with Crippen LogP contribution in [0.3, 0.4) is 0 Å². The van der Waals surface area contributed by atoms with Crippen molar-refractivity contribution >= 4 is 23.5 Å². The third-order valence-electron chi connectivity index (χ3n) is 3.24. The van der Waals surface area contributed by atoms with Gasteiger partial charge in [-0.05, 0) is 43.5 Å². The fourth-order valence-electron chi connectivity index (χ4n) is 2.13. The van der Waals surface area contributed by atoms with Gasteiger partial charge in [0.1, 0.15) is 17.7 Å². The fraction of sp³-hybridized carbons (Fsp3) is 0.312. The molecule has 124 valence electrons. The molecule has 2 rings (SSSR count). The van der Waals surface area contributed by atoms with Crippen LogP contribution in [0, 0.1) is 5.82 Å². The van der Waals surface area contributed by atoms with E-state index >= 15 is 0 Å². The molecule has 0 saturated heterocycles. The van der Waals surface area contributed by atoms with E-state index in [1.807, 2.05) is 0 Å². The van der Waals surface area contributed by atoms with Gasteiger partial charge in [-0.3, -0.25) is 0 Å². The van der Waals surface area contributed by atoms with Crippen LogP contribution < -0.4 is 10.6 Å². The van der Waals surface area contributed by atoms with E-state index in [2.05, 4.69) is 10.6 Å². The number of anilines is 1. The molecule has 0 saturated carbocycles. The fourth-order valence-corrected chi connectivity index (χ4v) is 2.58. The molecule has 2 amide bonds. The molecule has 2 atom stereocenters. The molecular formula is C16H19FN2O3S. The van der Waals surface area contributed by atoms with Gasteiger partial charge in [-0.1, -0.05) is 0 Å². The summed E-state index contributed by atoms with van der Waals surface area (Å²) >= 11 is 1.30. The predicted molar refractivity (Wildman–Crippen MR) is 88.1 cm³/mol. The minimum absolute atomic E-state index is 0.287. The zero-order chi connectivity index (χ0) is 16.8. The lowest BCUT2D eigenvalue weighted by molar-refractivity contribution is 0.130. The number of hydrogen-bond acceptors (Lipinski definition) is 4. The van der Waals surface area contributed by atoms with Crippen molar-refractivity contribution in [2.24, 2.45) is 0 Å². The van der Waals surface area contributed by atoms with Gasteiger partial charge in [0.05, 0.1) is 6.26 Å². The molecule has 1 aromatic heterocycles. The highest BCUT2D eigenvalue weighted by Crippen LogP contribution is 2.22. The first-order valence-corrected chi connectivity index (χ1v) is 8.34. The Bertz CT molecular complexity index is 649. The first-order valence-electron chi connectivity index (χ1n) is 7.12. The van der Waals surface area contributed by atoms with E-state index in [9.17, 15) is 14.3 Å². The van der Waals surface area contributed by atoms with Crippen LogP contribution in [0.15, 0.2) is 45.9 Å². The summed E-state index contributed by atoms with van der Waals surface area (Å²) in [4.78, 5) is 12.4. The van der Waals surface area contributed by atoms with Crippen LogP contribution in [0.25, 0.3) is 0 Å². The molecule has 0 aliphatic rings. The second-order valence-corrected chi connectivity index (χ2v) is 5.96. The number of aliphatic hydroxyl groups is 1. The molecule has 23 heavy (non-hydrogen) atoms. The Balaban J connectivity index is 1.85. The minimum atomic E-state index is -0.793. The number of rotatable bonds is 6. The number of carbonyl (C=O) groups is 1. The maximum atomic E-state index is 13.7. The van der Waals surface area contributed by atoms with Gasteiger partial charge < -0.3 is 20.2 Å². The number of carbonyl (C=O) groups excluding carboxylic acids is 1. The molecule has 0 unspecified atom stereocenters. The van der Waals surface area contributed by atoms with E-state index in [4.69, 9.17) is 4.42 Å². The third-order valence-corrected chi connectivity index (χ3v) is 4.01. The average Bonchev–Trinajstić information content (AvgIpc) is 3.01. The summed E-state index contributed by atoms with van der Waals surface area (Å²) < 4.78 is 18.8. The van der Waals surface area contributed by atoms with Crippen molar-refractivity contribution in [1.29, 1.82) is 0 Å². The molecule has 0 spiro atoms. The molecular weight excluding hydrogens is 319 g/mol. The monoisotopic (exact) mass is 338 g/mol. The summed E-state index contributed by atoms with van der Waals surface area (Å²) in [5, 5.41) is 15.2. The highest BCUT2D eigenvalue weighted by atomic mass is 32.2. The van der Waals surface area contributed by atoms with Gasteiger partial charge >= 0.3 is 6.03 Å². The largest absolute Gasteiger partial charge is 0.467 e. The summed E-state index contributed by atoms with van der Waals surface area (Å²) in [6, 6.07) is 7.14. The zero-order valence-corrected chi connectivity index (χ0v) is 13.7. The molecule has 3 N–H and O–H groups in total. The van der Waals surface area contributed by atoms with Gasteiger partial charge in [-0.2, -0.15) is 0 Å². The lowest BCUT2D eigenvalue weighted by Crippen LogP contribution is -2.37. The Morgan fingerprint density at radius 2 is 2.22 bits per heavy atom. The van der Waals surface area contributed by atoms with Gasteiger partial charge in [-0.25, -0.2) is 9.18 Å². The van der Waals surface area contributed by atoms with Crippen LogP contribution in [0.5, 0.6) is 0 Å². The van der Waals surface area contributed by atoms with E-state index in [0.717, 1.165) is 0 Å². The number of halogens is 1. The number of thioether (sulfide) groups is 1. The number of aliphatic hydroxyl groups excluding tert-OH is 1. The van der Waals surface area contributed by atoms with E-state index < -0.39 is 12.1 Å². The first kappa shape index (κ1) is 17.4. The third kappa shape index (κ3) is 5.01. The maximum absolute atomic E-state index is 13.7. The molecule has 7 heteroatoms. The SMILES string of the molecule is CSc1ccc(NC(=O)N[C@H](C)C[C@@H](O)c2ccco2)cc1F. The molecule has 0 aliphatic carbocycles. The van der Waals surface area contributed by atoms with Crippen molar-refractivity contribution in [2.75, 3.05) is 11.6 Å². The van der Waals surface area contributed by atoms with Crippen LogP contribution in [-0.2, 0) is 0 Å². The number of nitrogens with one attached hydrogen (secondary N) is 2. The molecule has 2 aromatic rings. The van der Waals surface area contributed by atoms with Crippen LogP contribution in [0.4, 0.5) is 14.9 Å². The topological polar surface area (TPSA) is 74.5 Å². The van der Waals surface area contributed by atoms with E-state index in [-0.39, 0.29) is 11.9 Å². The average molecular weight is 338 g/mol. The predicted octanol–water partition coefficient (Wildman–Crippen LogP) is 3.77. The molecule has 1 aromatic carbocycles. The molecule has 0 radical (unpaired) electrons. The molecule has 1 heterocycles. The van der Waals surface area contributed by atoms with Gasteiger partial charge in [0.2, 0.25) is 0 Å². The van der Waals surface area contributed by atoms with Gasteiger partial charge in [-0.15, -0.1) is 11.8 Å². The van der Waals surface area contributed by atoms with Crippen molar-refractivity contribution in [3.05, 3.63) is 48.2 Å². The van der Waals surface area contributed by atoms with E-state index in [1.165, 1.54) is 24.1 Å².